The van der Waals surface area contributed by atoms with Crippen LogP contribution in [0.5, 0.6) is 0 Å². The molecule has 34 heavy (non-hydrogen) atoms. The number of benzene rings is 2. The van der Waals surface area contributed by atoms with E-state index in [0.717, 1.165) is 22.3 Å². The van der Waals surface area contributed by atoms with Gasteiger partial charge >= 0.3 is 12.1 Å². The molecule has 1 unspecified atom stereocenters. The van der Waals surface area contributed by atoms with E-state index >= 15 is 0 Å². The van der Waals surface area contributed by atoms with Gasteiger partial charge in [0, 0.05) is 5.92 Å². The number of alkyl carbamates (subject to hydrolysis) is 1. The van der Waals surface area contributed by atoms with Crippen LogP contribution in [0.1, 0.15) is 37.8 Å². The van der Waals surface area contributed by atoms with E-state index < -0.39 is 42.3 Å². The van der Waals surface area contributed by atoms with Crippen molar-refractivity contribution >= 4 is 18.0 Å². The molecular weight excluding hydrogens is 440 g/mol. The molecule has 0 radical (unpaired) electrons. The highest BCUT2D eigenvalue weighted by Gasteiger charge is 2.31. The Morgan fingerprint density at radius 3 is 2.00 bits per heavy atom. The number of carboxylic acid groups (broad SMARTS) is 1. The monoisotopic (exact) mass is 470 g/mol. The maximum absolute atomic E-state index is 12.6. The number of aliphatic hydroxyl groups excluding tert-OH is 1. The molecule has 0 heterocycles. The molecule has 9 nitrogen and oxygen atoms in total. The highest BCUT2D eigenvalue weighted by atomic mass is 16.5. The van der Waals surface area contributed by atoms with Crippen LogP contribution in [0.25, 0.3) is 11.1 Å². The first-order chi connectivity index (χ1) is 16.1. The van der Waals surface area contributed by atoms with Gasteiger partial charge in [-0.25, -0.2) is 9.59 Å². The van der Waals surface area contributed by atoms with Crippen LogP contribution in [0.4, 0.5) is 4.79 Å². The molecule has 0 spiro atoms. The molecule has 0 saturated carbocycles. The average Bonchev–Trinajstić information content (AvgIpc) is 3.11. The van der Waals surface area contributed by atoms with E-state index in [1.165, 1.54) is 0 Å². The third-order valence-electron chi connectivity index (χ3n) is 5.43. The molecule has 0 fully saturated rings. The van der Waals surface area contributed by atoms with Gasteiger partial charge in [0.15, 0.2) is 0 Å². The molecule has 0 saturated heterocycles. The molecule has 2 amide bonds. The van der Waals surface area contributed by atoms with E-state index in [2.05, 4.69) is 10.6 Å². The summed E-state index contributed by atoms with van der Waals surface area (Å²) in [6, 6.07) is 13.1. The van der Waals surface area contributed by atoms with Gasteiger partial charge in [-0.1, -0.05) is 48.5 Å². The van der Waals surface area contributed by atoms with Crippen molar-refractivity contribution in [3.63, 3.8) is 0 Å². The van der Waals surface area contributed by atoms with Gasteiger partial charge in [0.25, 0.3) is 0 Å². The Bertz CT molecular complexity index is 1000. The van der Waals surface area contributed by atoms with Gasteiger partial charge < -0.3 is 30.3 Å². The minimum atomic E-state index is -1.51. The van der Waals surface area contributed by atoms with Crippen molar-refractivity contribution in [2.45, 2.75) is 44.4 Å². The predicted molar refractivity (Wildman–Crippen MR) is 124 cm³/mol. The second kappa shape index (κ2) is 10.7. The van der Waals surface area contributed by atoms with Gasteiger partial charge in [-0.05, 0) is 43.0 Å². The standard InChI is InChI=1S/C25H30N2O7/c1-25(2,3)34-14-21(22(29)26-20(12-28)23(30)31)27-24(32)33-13-19-17-10-6-4-8-15(17)16-9-5-7-11-18(16)19/h4-11,19-21,28H,12-14H2,1-3H3,(H,26,29)(H,27,32)(H,30,31)/t20?,21-/m0/s1. The summed E-state index contributed by atoms with van der Waals surface area (Å²) in [7, 11) is 0. The largest absolute Gasteiger partial charge is 0.480 e. The van der Waals surface area contributed by atoms with Gasteiger partial charge in [0.2, 0.25) is 5.91 Å². The summed E-state index contributed by atoms with van der Waals surface area (Å²) in [5, 5.41) is 22.9. The fourth-order valence-electron chi connectivity index (χ4n) is 3.76. The fraction of sp³-hybridized carbons (Fsp3) is 0.400. The van der Waals surface area contributed by atoms with E-state index in [-0.39, 0.29) is 19.1 Å². The number of fused-ring (bicyclic) bond motifs is 3. The number of amides is 2. The van der Waals surface area contributed by atoms with Crippen LogP contribution in [0.3, 0.4) is 0 Å². The lowest BCUT2D eigenvalue weighted by Gasteiger charge is -2.25. The van der Waals surface area contributed by atoms with E-state index in [0.29, 0.717) is 0 Å². The summed E-state index contributed by atoms with van der Waals surface area (Å²) < 4.78 is 11.1. The summed E-state index contributed by atoms with van der Waals surface area (Å²) >= 11 is 0. The van der Waals surface area contributed by atoms with Crippen molar-refractivity contribution < 1.29 is 34.1 Å². The lowest BCUT2D eigenvalue weighted by atomic mass is 9.98. The van der Waals surface area contributed by atoms with Crippen molar-refractivity contribution in [2.75, 3.05) is 19.8 Å². The zero-order chi connectivity index (χ0) is 24.9. The van der Waals surface area contributed by atoms with E-state index in [1.807, 2.05) is 48.5 Å². The number of aliphatic hydroxyl groups is 1. The van der Waals surface area contributed by atoms with E-state index in [1.54, 1.807) is 20.8 Å². The molecule has 2 aromatic carbocycles. The first-order valence-electron chi connectivity index (χ1n) is 11.0. The normalized spacial score (nSPS) is 14.5. The molecule has 1 aliphatic rings. The number of ether oxygens (including phenoxy) is 2. The molecule has 2 aromatic rings. The Morgan fingerprint density at radius 2 is 1.50 bits per heavy atom. The Hall–Kier alpha value is -3.43. The maximum Gasteiger partial charge on any atom is 0.407 e. The molecule has 0 aromatic heterocycles. The number of hydrogen-bond donors (Lipinski definition) is 4. The van der Waals surface area contributed by atoms with Gasteiger partial charge in [0.05, 0.1) is 18.8 Å². The molecule has 3 rings (SSSR count). The van der Waals surface area contributed by atoms with Crippen LogP contribution >= 0.6 is 0 Å². The smallest absolute Gasteiger partial charge is 0.407 e. The zero-order valence-corrected chi connectivity index (χ0v) is 19.4. The number of hydrogen-bond acceptors (Lipinski definition) is 6. The SMILES string of the molecule is CC(C)(C)OC[C@H](NC(=O)OCC1c2ccccc2-c2ccccc21)C(=O)NC(CO)C(=O)O. The number of carbonyl (C=O) groups is 3. The summed E-state index contributed by atoms with van der Waals surface area (Å²) in [6.07, 6.45) is -0.838. The Kier molecular flexibility index (Phi) is 7.90. The van der Waals surface area contributed by atoms with Crippen molar-refractivity contribution in [2.24, 2.45) is 0 Å². The van der Waals surface area contributed by atoms with Gasteiger partial charge in [-0.2, -0.15) is 0 Å². The molecule has 0 bridgehead atoms. The third kappa shape index (κ3) is 6.12. The second-order valence-electron chi connectivity index (χ2n) is 9.03. The van der Waals surface area contributed by atoms with Crippen LogP contribution in [0, 0.1) is 0 Å². The summed E-state index contributed by atoms with van der Waals surface area (Å²) in [4.78, 5) is 36.4. The van der Waals surface area contributed by atoms with Gasteiger partial charge in [0.1, 0.15) is 18.7 Å². The molecule has 2 atom stereocenters. The molecule has 4 N–H and O–H groups in total. The highest BCUT2D eigenvalue weighted by molar-refractivity contribution is 5.89. The van der Waals surface area contributed by atoms with Crippen LogP contribution in [0.15, 0.2) is 48.5 Å². The number of rotatable bonds is 9. The lowest BCUT2D eigenvalue weighted by molar-refractivity contribution is -0.143. The van der Waals surface area contributed by atoms with Crippen molar-refractivity contribution in [1.82, 2.24) is 10.6 Å². The topological polar surface area (TPSA) is 134 Å². The van der Waals surface area contributed by atoms with Gasteiger partial charge in [-0.3, -0.25) is 4.79 Å². The summed E-state index contributed by atoms with van der Waals surface area (Å²) in [6.45, 7) is 4.40. The zero-order valence-electron chi connectivity index (χ0n) is 19.4. The Labute approximate surface area is 198 Å². The summed E-state index contributed by atoms with van der Waals surface area (Å²) in [5.74, 6) is -2.35. The highest BCUT2D eigenvalue weighted by Crippen LogP contribution is 2.44. The van der Waals surface area contributed by atoms with Gasteiger partial charge in [-0.15, -0.1) is 0 Å². The van der Waals surface area contributed by atoms with Crippen molar-refractivity contribution in [3.8, 4) is 11.1 Å². The summed E-state index contributed by atoms with van der Waals surface area (Å²) in [5.41, 5.74) is 3.67. The minimum absolute atomic E-state index is 0.0583. The minimum Gasteiger partial charge on any atom is -0.480 e. The van der Waals surface area contributed by atoms with Crippen molar-refractivity contribution in [3.05, 3.63) is 59.7 Å². The van der Waals surface area contributed by atoms with Crippen molar-refractivity contribution in [1.29, 1.82) is 0 Å². The Morgan fingerprint density at radius 1 is 0.941 bits per heavy atom. The maximum atomic E-state index is 12.6. The Balaban J connectivity index is 1.68. The number of carboxylic acids is 1. The molecule has 9 heteroatoms. The third-order valence-corrected chi connectivity index (χ3v) is 5.43. The first kappa shape index (κ1) is 25.2. The number of nitrogens with one attached hydrogen (secondary N) is 2. The average molecular weight is 471 g/mol. The van der Waals surface area contributed by atoms with E-state index in [9.17, 15) is 19.5 Å². The number of aliphatic carboxylic acids is 1. The fourth-order valence-corrected chi connectivity index (χ4v) is 3.76. The van der Waals surface area contributed by atoms with Crippen LogP contribution < -0.4 is 10.6 Å². The molecular formula is C25H30N2O7. The predicted octanol–water partition coefficient (Wildman–Crippen LogP) is 2.27. The lowest BCUT2D eigenvalue weighted by Crippen LogP contribution is -2.55. The van der Waals surface area contributed by atoms with Crippen LogP contribution in [-0.4, -0.2) is 65.7 Å². The first-order valence-corrected chi connectivity index (χ1v) is 11.0. The quantitative estimate of drug-likeness (QED) is 0.442. The molecule has 0 aliphatic heterocycles. The molecule has 1 aliphatic carbocycles. The second-order valence-corrected chi connectivity index (χ2v) is 9.03. The number of carbonyl (C=O) groups excluding carboxylic acids is 2. The molecule has 182 valence electrons. The van der Waals surface area contributed by atoms with Crippen LogP contribution in [-0.2, 0) is 19.1 Å². The van der Waals surface area contributed by atoms with Crippen LogP contribution in [0.2, 0.25) is 0 Å². The van der Waals surface area contributed by atoms with E-state index in [4.69, 9.17) is 14.6 Å².